The Morgan fingerprint density at radius 3 is 2.04 bits per heavy atom. The van der Waals surface area contributed by atoms with E-state index in [9.17, 15) is 18.0 Å². The first-order valence-electron chi connectivity index (χ1n) is 7.98. The topological polar surface area (TPSA) is 40.5 Å². The molecule has 3 nitrogen and oxygen atoms in total. The van der Waals surface area contributed by atoms with Gasteiger partial charge < -0.3 is 10.0 Å². The molecule has 1 amide bonds. The monoisotopic (exact) mass is 343 g/mol. The van der Waals surface area contributed by atoms with Crippen LogP contribution in [0.1, 0.15) is 38.8 Å². The van der Waals surface area contributed by atoms with Gasteiger partial charge in [-0.1, -0.05) is 38.1 Å². The number of rotatable bonds is 4. The molecule has 0 saturated carbocycles. The molecular weight excluding hydrogens is 319 g/mol. The zero-order valence-electron chi connectivity index (χ0n) is 14.4. The number of halogens is 3. The smallest absolute Gasteiger partial charge is 0.407 e. The third-order valence-corrected chi connectivity index (χ3v) is 5.30. The average molecular weight is 343 g/mol. The second kappa shape index (κ2) is 5.97. The lowest BCUT2D eigenvalue weighted by Crippen LogP contribution is -2.55. The molecule has 134 valence electrons. The third kappa shape index (κ3) is 3.52. The minimum atomic E-state index is -4.29. The van der Waals surface area contributed by atoms with E-state index in [0.29, 0.717) is 19.5 Å². The standard InChI is InChI=1S/C18H24F3NO2/c1-16(2,14-10-22(11-14)15(23)24)9-12-5-7-13(8-6-12)17(3,4)18(19,20)21/h5-8,14H,9-11H2,1-4H3,(H,23,24). The number of benzene rings is 1. The fraction of sp³-hybridized carbons (Fsp3) is 0.611. The van der Waals surface area contributed by atoms with Gasteiger partial charge in [-0.25, -0.2) is 4.79 Å². The highest BCUT2D eigenvalue weighted by atomic mass is 19.4. The van der Waals surface area contributed by atoms with Crippen molar-refractivity contribution in [2.45, 2.75) is 45.7 Å². The van der Waals surface area contributed by atoms with Crippen LogP contribution in [0.3, 0.4) is 0 Å². The molecule has 1 N–H and O–H groups in total. The molecule has 1 aromatic rings. The van der Waals surface area contributed by atoms with Crippen molar-refractivity contribution in [1.29, 1.82) is 0 Å². The number of nitrogens with zero attached hydrogens (tertiary/aromatic N) is 1. The average Bonchev–Trinajstić information content (AvgIpc) is 2.34. The van der Waals surface area contributed by atoms with Crippen molar-refractivity contribution in [3.63, 3.8) is 0 Å². The SMILES string of the molecule is CC(C)(Cc1ccc(C(C)(C)C(F)(F)F)cc1)C1CN(C(=O)O)C1. The van der Waals surface area contributed by atoms with Crippen LogP contribution in [0.25, 0.3) is 0 Å². The summed E-state index contributed by atoms with van der Waals surface area (Å²) in [6.45, 7) is 7.54. The van der Waals surface area contributed by atoms with Gasteiger partial charge in [-0.05, 0) is 42.7 Å². The van der Waals surface area contributed by atoms with Crippen LogP contribution >= 0.6 is 0 Å². The Morgan fingerprint density at radius 1 is 1.12 bits per heavy atom. The van der Waals surface area contributed by atoms with Crippen LogP contribution in [-0.2, 0) is 11.8 Å². The van der Waals surface area contributed by atoms with E-state index in [0.717, 1.165) is 5.56 Å². The van der Waals surface area contributed by atoms with Gasteiger partial charge in [0.1, 0.15) is 0 Å². The molecule has 0 radical (unpaired) electrons. The van der Waals surface area contributed by atoms with Gasteiger partial charge in [0.05, 0.1) is 5.41 Å². The van der Waals surface area contributed by atoms with Crippen LogP contribution in [0.2, 0.25) is 0 Å². The van der Waals surface area contributed by atoms with Crippen molar-refractivity contribution in [3.8, 4) is 0 Å². The van der Waals surface area contributed by atoms with E-state index in [4.69, 9.17) is 5.11 Å². The summed E-state index contributed by atoms with van der Waals surface area (Å²) in [5.41, 5.74) is -0.767. The maximum atomic E-state index is 13.1. The fourth-order valence-corrected chi connectivity index (χ4v) is 3.00. The van der Waals surface area contributed by atoms with Crippen molar-refractivity contribution < 1.29 is 23.1 Å². The molecule has 1 saturated heterocycles. The molecule has 0 spiro atoms. The maximum Gasteiger partial charge on any atom is 0.407 e. The van der Waals surface area contributed by atoms with Gasteiger partial charge in [0.2, 0.25) is 0 Å². The summed E-state index contributed by atoms with van der Waals surface area (Å²) in [6, 6.07) is 6.59. The minimum absolute atomic E-state index is 0.104. The lowest BCUT2D eigenvalue weighted by Gasteiger charge is -2.46. The lowest BCUT2D eigenvalue weighted by atomic mass is 9.70. The quantitative estimate of drug-likeness (QED) is 0.860. The first-order chi connectivity index (χ1) is 10.8. The van der Waals surface area contributed by atoms with Gasteiger partial charge in [0, 0.05) is 13.1 Å². The molecule has 1 aromatic carbocycles. The summed E-state index contributed by atoms with van der Waals surface area (Å²) in [6.07, 6.45) is -4.49. The molecule has 24 heavy (non-hydrogen) atoms. The Kier molecular flexibility index (Phi) is 4.63. The number of alkyl halides is 3. The van der Waals surface area contributed by atoms with E-state index in [2.05, 4.69) is 13.8 Å². The van der Waals surface area contributed by atoms with Gasteiger partial charge >= 0.3 is 12.3 Å². The Morgan fingerprint density at radius 2 is 1.62 bits per heavy atom. The highest BCUT2D eigenvalue weighted by molar-refractivity contribution is 5.66. The van der Waals surface area contributed by atoms with E-state index in [1.807, 2.05) is 0 Å². The van der Waals surface area contributed by atoms with Gasteiger partial charge in [0.15, 0.2) is 0 Å². The highest BCUT2D eigenvalue weighted by Crippen LogP contribution is 2.41. The summed E-state index contributed by atoms with van der Waals surface area (Å²) >= 11 is 0. The van der Waals surface area contributed by atoms with Crippen LogP contribution in [0.4, 0.5) is 18.0 Å². The zero-order chi connectivity index (χ0) is 18.3. The largest absolute Gasteiger partial charge is 0.465 e. The molecule has 0 aromatic heterocycles. The van der Waals surface area contributed by atoms with Crippen LogP contribution in [0, 0.1) is 11.3 Å². The first-order valence-corrected chi connectivity index (χ1v) is 7.98. The second-order valence-electron chi connectivity index (χ2n) is 7.87. The van der Waals surface area contributed by atoms with E-state index in [1.54, 1.807) is 24.3 Å². The number of carbonyl (C=O) groups is 1. The summed E-state index contributed by atoms with van der Waals surface area (Å²) in [4.78, 5) is 12.2. The molecular formula is C18H24F3NO2. The summed E-state index contributed by atoms with van der Waals surface area (Å²) in [5, 5.41) is 8.91. The van der Waals surface area contributed by atoms with Gasteiger partial charge in [-0.2, -0.15) is 13.2 Å². The summed E-state index contributed by atoms with van der Waals surface area (Å²) < 4.78 is 39.3. The van der Waals surface area contributed by atoms with Crippen molar-refractivity contribution in [2.75, 3.05) is 13.1 Å². The van der Waals surface area contributed by atoms with Crippen LogP contribution in [-0.4, -0.2) is 35.4 Å². The zero-order valence-corrected chi connectivity index (χ0v) is 14.4. The number of amides is 1. The molecule has 6 heteroatoms. The van der Waals surface area contributed by atoms with Gasteiger partial charge in [-0.15, -0.1) is 0 Å². The molecule has 1 aliphatic rings. The van der Waals surface area contributed by atoms with E-state index in [1.165, 1.54) is 18.7 Å². The van der Waals surface area contributed by atoms with Gasteiger partial charge in [0.25, 0.3) is 0 Å². The number of hydrogen-bond donors (Lipinski definition) is 1. The molecule has 1 heterocycles. The number of hydrogen-bond acceptors (Lipinski definition) is 1. The van der Waals surface area contributed by atoms with E-state index in [-0.39, 0.29) is 16.9 Å². The van der Waals surface area contributed by atoms with Crippen LogP contribution in [0.15, 0.2) is 24.3 Å². The van der Waals surface area contributed by atoms with E-state index >= 15 is 0 Å². The maximum absolute atomic E-state index is 13.1. The predicted octanol–water partition coefficient (Wildman–Crippen LogP) is 4.71. The fourth-order valence-electron chi connectivity index (χ4n) is 3.00. The minimum Gasteiger partial charge on any atom is -0.465 e. The Bertz CT molecular complexity index is 600. The summed E-state index contributed by atoms with van der Waals surface area (Å²) in [5.74, 6) is 0.264. The lowest BCUT2D eigenvalue weighted by molar-refractivity contribution is -0.180. The Hall–Kier alpha value is -1.72. The Labute approximate surface area is 140 Å². The molecule has 0 bridgehead atoms. The Balaban J connectivity index is 2.05. The normalized spacial score (nSPS) is 16.9. The summed E-state index contributed by atoms with van der Waals surface area (Å²) in [7, 11) is 0. The third-order valence-electron chi connectivity index (χ3n) is 5.30. The number of carboxylic acid groups (broad SMARTS) is 1. The molecule has 0 atom stereocenters. The van der Waals surface area contributed by atoms with Crippen LogP contribution in [0.5, 0.6) is 0 Å². The van der Waals surface area contributed by atoms with Crippen LogP contribution < -0.4 is 0 Å². The molecule has 0 unspecified atom stereocenters. The van der Waals surface area contributed by atoms with E-state index < -0.39 is 17.7 Å². The van der Waals surface area contributed by atoms with Crippen molar-refractivity contribution >= 4 is 6.09 Å². The molecule has 2 rings (SSSR count). The second-order valence-corrected chi connectivity index (χ2v) is 7.87. The molecule has 1 fully saturated rings. The van der Waals surface area contributed by atoms with Crippen molar-refractivity contribution in [3.05, 3.63) is 35.4 Å². The molecule has 1 aliphatic heterocycles. The number of likely N-dealkylation sites (tertiary alicyclic amines) is 1. The molecule has 0 aliphatic carbocycles. The van der Waals surface area contributed by atoms with Crippen molar-refractivity contribution in [2.24, 2.45) is 11.3 Å². The van der Waals surface area contributed by atoms with Gasteiger partial charge in [-0.3, -0.25) is 0 Å². The first kappa shape index (κ1) is 18.6. The van der Waals surface area contributed by atoms with Crippen molar-refractivity contribution in [1.82, 2.24) is 4.90 Å². The predicted molar refractivity (Wildman–Crippen MR) is 86.1 cm³/mol. The highest BCUT2D eigenvalue weighted by Gasteiger charge is 2.48.